The molecule has 1 aliphatic rings. The van der Waals surface area contributed by atoms with E-state index in [1.165, 1.54) is 5.57 Å². The minimum atomic E-state index is 0.636. The minimum absolute atomic E-state index is 0.636. The first kappa shape index (κ1) is 13.6. The molecule has 0 unspecified atom stereocenters. The number of hydrogen-bond acceptors (Lipinski definition) is 4. The highest BCUT2D eigenvalue weighted by atomic mass is 16.5. The molecular formula is C17H17N3O. The van der Waals surface area contributed by atoms with Gasteiger partial charge in [0, 0.05) is 31.8 Å². The van der Waals surface area contributed by atoms with Crippen LogP contribution in [0, 0.1) is 11.3 Å². The molecule has 0 N–H and O–H groups in total. The summed E-state index contributed by atoms with van der Waals surface area (Å²) in [4.78, 5) is 6.62. The van der Waals surface area contributed by atoms with Gasteiger partial charge in [0.1, 0.15) is 6.07 Å². The van der Waals surface area contributed by atoms with Crippen molar-refractivity contribution in [1.82, 2.24) is 4.98 Å². The van der Waals surface area contributed by atoms with Crippen molar-refractivity contribution >= 4 is 16.6 Å². The largest absolute Gasteiger partial charge is 0.380 e. The third-order valence-electron chi connectivity index (χ3n) is 3.82. The number of para-hydroxylation sites is 1. The van der Waals surface area contributed by atoms with Crippen LogP contribution in [-0.4, -0.2) is 31.8 Å². The van der Waals surface area contributed by atoms with E-state index in [0.717, 1.165) is 36.1 Å². The molecule has 4 heteroatoms. The Kier molecular flexibility index (Phi) is 3.85. The zero-order valence-corrected chi connectivity index (χ0v) is 12.0. The second kappa shape index (κ2) is 5.94. The lowest BCUT2D eigenvalue weighted by molar-refractivity contribution is 0.222. The first-order valence-corrected chi connectivity index (χ1v) is 7.03. The van der Waals surface area contributed by atoms with Gasteiger partial charge in [0.2, 0.25) is 0 Å². The summed E-state index contributed by atoms with van der Waals surface area (Å²) in [6.07, 6.45) is 4.84. The lowest BCUT2D eigenvalue weighted by atomic mass is 10.0. The van der Waals surface area contributed by atoms with Crippen LogP contribution in [0.4, 0.5) is 5.69 Å². The van der Waals surface area contributed by atoms with Crippen LogP contribution in [0.2, 0.25) is 0 Å². The molecule has 0 saturated carbocycles. The monoisotopic (exact) mass is 279 g/mol. The van der Waals surface area contributed by atoms with Gasteiger partial charge in [-0.1, -0.05) is 24.3 Å². The predicted molar refractivity (Wildman–Crippen MR) is 83.2 cm³/mol. The van der Waals surface area contributed by atoms with Gasteiger partial charge in [-0.25, -0.2) is 0 Å². The molecule has 0 atom stereocenters. The summed E-state index contributed by atoms with van der Waals surface area (Å²) in [7, 11) is 1.72. The van der Waals surface area contributed by atoms with Crippen molar-refractivity contribution in [3.05, 3.63) is 47.7 Å². The van der Waals surface area contributed by atoms with Gasteiger partial charge in [-0.3, -0.25) is 4.98 Å². The van der Waals surface area contributed by atoms with Gasteiger partial charge in [-0.2, -0.15) is 5.26 Å². The number of anilines is 1. The van der Waals surface area contributed by atoms with Crippen LogP contribution >= 0.6 is 0 Å². The van der Waals surface area contributed by atoms with Crippen molar-refractivity contribution in [1.29, 1.82) is 5.26 Å². The SMILES string of the molecule is COCC1=CCN(c2c(C#N)cnc3ccccc23)CC1. The maximum Gasteiger partial charge on any atom is 0.103 e. The highest BCUT2D eigenvalue weighted by Gasteiger charge is 2.18. The number of pyridine rings is 1. The summed E-state index contributed by atoms with van der Waals surface area (Å²) in [6.45, 7) is 2.40. The number of fused-ring (bicyclic) bond motifs is 1. The molecular weight excluding hydrogens is 262 g/mol. The summed E-state index contributed by atoms with van der Waals surface area (Å²) in [5.74, 6) is 0. The number of ether oxygens (including phenoxy) is 1. The van der Waals surface area contributed by atoms with Gasteiger partial charge in [0.15, 0.2) is 0 Å². The fraction of sp³-hybridized carbons (Fsp3) is 0.294. The number of nitriles is 1. The smallest absolute Gasteiger partial charge is 0.103 e. The molecule has 21 heavy (non-hydrogen) atoms. The third kappa shape index (κ3) is 2.61. The van der Waals surface area contributed by atoms with E-state index in [-0.39, 0.29) is 0 Å². The molecule has 2 heterocycles. The lowest BCUT2D eigenvalue weighted by Crippen LogP contribution is -2.30. The summed E-state index contributed by atoms with van der Waals surface area (Å²) in [5, 5.41) is 10.4. The van der Waals surface area contributed by atoms with E-state index in [0.29, 0.717) is 12.2 Å². The molecule has 4 nitrogen and oxygen atoms in total. The lowest BCUT2D eigenvalue weighted by Gasteiger charge is -2.30. The highest BCUT2D eigenvalue weighted by Crippen LogP contribution is 2.31. The minimum Gasteiger partial charge on any atom is -0.380 e. The fourth-order valence-corrected chi connectivity index (χ4v) is 2.78. The first-order chi connectivity index (χ1) is 10.3. The fourth-order valence-electron chi connectivity index (χ4n) is 2.78. The Balaban J connectivity index is 2.02. The normalized spacial score (nSPS) is 14.9. The van der Waals surface area contributed by atoms with E-state index < -0.39 is 0 Å². The van der Waals surface area contributed by atoms with Crippen LogP contribution in [0.5, 0.6) is 0 Å². The molecule has 0 fully saturated rings. The van der Waals surface area contributed by atoms with E-state index in [2.05, 4.69) is 22.0 Å². The van der Waals surface area contributed by atoms with Crippen LogP contribution < -0.4 is 4.90 Å². The average Bonchev–Trinajstić information content (AvgIpc) is 2.55. The Labute approximate surface area is 124 Å². The molecule has 1 aromatic carbocycles. The Hall–Kier alpha value is -2.38. The topological polar surface area (TPSA) is 49.1 Å². The molecule has 106 valence electrons. The van der Waals surface area contributed by atoms with E-state index in [4.69, 9.17) is 4.74 Å². The number of benzene rings is 1. The van der Waals surface area contributed by atoms with Crippen LogP contribution in [-0.2, 0) is 4.74 Å². The van der Waals surface area contributed by atoms with Gasteiger partial charge in [-0.05, 0) is 18.1 Å². The van der Waals surface area contributed by atoms with Crippen LogP contribution in [0.1, 0.15) is 12.0 Å². The Bertz CT molecular complexity index is 730. The van der Waals surface area contributed by atoms with Crippen molar-refractivity contribution in [3.63, 3.8) is 0 Å². The van der Waals surface area contributed by atoms with E-state index in [9.17, 15) is 5.26 Å². The molecule has 1 aromatic heterocycles. The van der Waals surface area contributed by atoms with Gasteiger partial charge in [-0.15, -0.1) is 0 Å². The summed E-state index contributed by atoms with van der Waals surface area (Å²) >= 11 is 0. The molecule has 2 aromatic rings. The number of rotatable bonds is 3. The molecule has 0 radical (unpaired) electrons. The van der Waals surface area contributed by atoms with Crippen LogP contribution in [0.3, 0.4) is 0 Å². The molecule has 3 rings (SSSR count). The molecule has 0 spiro atoms. The van der Waals surface area contributed by atoms with Crippen molar-refractivity contribution in [3.8, 4) is 6.07 Å². The van der Waals surface area contributed by atoms with Gasteiger partial charge in [0.25, 0.3) is 0 Å². The molecule has 0 bridgehead atoms. The molecule has 0 saturated heterocycles. The second-order valence-electron chi connectivity index (χ2n) is 5.14. The van der Waals surface area contributed by atoms with Crippen LogP contribution in [0.25, 0.3) is 10.9 Å². The standard InChI is InChI=1S/C17H17N3O/c1-21-12-13-6-8-20(9-7-13)17-14(10-18)11-19-16-5-3-2-4-15(16)17/h2-6,11H,7-9,12H2,1H3. The number of aromatic nitrogens is 1. The average molecular weight is 279 g/mol. The van der Waals surface area contributed by atoms with E-state index >= 15 is 0 Å². The predicted octanol–water partition coefficient (Wildman–Crippen LogP) is 2.89. The van der Waals surface area contributed by atoms with E-state index in [1.807, 2.05) is 24.3 Å². The van der Waals surface area contributed by atoms with Crippen LogP contribution in [0.15, 0.2) is 42.1 Å². The number of methoxy groups -OCH3 is 1. The quantitative estimate of drug-likeness (QED) is 0.811. The maximum absolute atomic E-state index is 9.39. The highest BCUT2D eigenvalue weighted by molar-refractivity contribution is 5.94. The van der Waals surface area contributed by atoms with Crippen molar-refractivity contribution in [2.45, 2.75) is 6.42 Å². The van der Waals surface area contributed by atoms with Gasteiger partial charge < -0.3 is 9.64 Å². The van der Waals surface area contributed by atoms with Crippen molar-refractivity contribution < 1.29 is 4.74 Å². The zero-order valence-electron chi connectivity index (χ0n) is 12.0. The summed E-state index contributed by atoms with van der Waals surface area (Å²) < 4.78 is 5.19. The molecule has 1 aliphatic heterocycles. The zero-order chi connectivity index (χ0) is 14.7. The third-order valence-corrected chi connectivity index (χ3v) is 3.82. The van der Waals surface area contributed by atoms with Gasteiger partial charge >= 0.3 is 0 Å². The van der Waals surface area contributed by atoms with Crippen molar-refractivity contribution in [2.24, 2.45) is 0 Å². The molecule has 0 aliphatic carbocycles. The maximum atomic E-state index is 9.39. The Morgan fingerprint density at radius 2 is 2.24 bits per heavy atom. The summed E-state index contributed by atoms with van der Waals surface area (Å²) in [5.41, 5.74) is 3.89. The number of nitrogens with zero attached hydrogens (tertiary/aromatic N) is 3. The van der Waals surface area contributed by atoms with Crippen molar-refractivity contribution in [2.75, 3.05) is 31.7 Å². The Morgan fingerprint density at radius 1 is 1.38 bits per heavy atom. The molecule has 0 amide bonds. The Morgan fingerprint density at radius 3 is 2.95 bits per heavy atom. The van der Waals surface area contributed by atoms with Gasteiger partial charge in [0.05, 0.1) is 23.4 Å². The second-order valence-corrected chi connectivity index (χ2v) is 5.14. The number of hydrogen-bond donors (Lipinski definition) is 0. The first-order valence-electron chi connectivity index (χ1n) is 7.03. The van der Waals surface area contributed by atoms with E-state index in [1.54, 1.807) is 13.3 Å². The summed E-state index contributed by atoms with van der Waals surface area (Å²) in [6, 6.07) is 10.2.